The second-order valence-electron chi connectivity index (χ2n) is 5.64. The third-order valence-corrected chi connectivity index (χ3v) is 7.04. The van der Waals surface area contributed by atoms with E-state index in [-0.39, 0.29) is 10.8 Å². The normalized spacial score (nSPS) is 13.9. The summed E-state index contributed by atoms with van der Waals surface area (Å²) in [6.45, 7) is 2.53. The first-order chi connectivity index (χ1) is 11.3. The van der Waals surface area contributed by atoms with Crippen molar-refractivity contribution in [3.05, 3.63) is 56.7 Å². The zero-order valence-corrected chi connectivity index (χ0v) is 16.3. The third-order valence-electron chi connectivity index (χ3n) is 4.19. The molecule has 3 rings (SSSR count). The fourth-order valence-electron chi connectivity index (χ4n) is 2.83. The van der Waals surface area contributed by atoms with Crippen molar-refractivity contribution in [3.63, 3.8) is 0 Å². The van der Waals surface area contributed by atoms with Crippen LogP contribution in [-0.4, -0.2) is 27.9 Å². The third kappa shape index (κ3) is 2.96. The van der Waals surface area contributed by atoms with Gasteiger partial charge in [-0.25, -0.2) is 13.1 Å². The molecule has 1 N–H and O–H groups in total. The van der Waals surface area contributed by atoms with Gasteiger partial charge in [0.1, 0.15) is 0 Å². The molecule has 0 aromatic heterocycles. The number of carbonyl (C=O) groups is 1. The second kappa shape index (κ2) is 6.45. The number of nitrogens with zero attached hydrogens (tertiary/aromatic N) is 1. The van der Waals surface area contributed by atoms with Gasteiger partial charge in [-0.2, -0.15) is 0 Å². The standard InChI is InChI=1S/C17H17IN2O3S/c1-11-4-3-5-14(16(11)18)17(21)20-9-8-12-10-13(6-7-15(12)20)24(22,23)19-2/h3-7,10,19H,8-9H2,1-2H3. The Bertz CT molecular complexity index is 925. The van der Waals surface area contributed by atoms with Crippen LogP contribution < -0.4 is 9.62 Å². The molecule has 5 nitrogen and oxygen atoms in total. The Morgan fingerprint density at radius 1 is 1.25 bits per heavy atom. The van der Waals surface area contributed by atoms with E-state index in [0.717, 1.165) is 20.4 Å². The van der Waals surface area contributed by atoms with Crippen LogP contribution in [0.5, 0.6) is 0 Å². The van der Waals surface area contributed by atoms with Gasteiger partial charge in [-0.05, 0) is 78.4 Å². The lowest BCUT2D eigenvalue weighted by Crippen LogP contribution is -2.29. The molecular formula is C17H17IN2O3S. The average molecular weight is 456 g/mol. The van der Waals surface area contributed by atoms with Gasteiger partial charge in [-0.15, -0.1) is 0 Å². The van der Waals surface area contributed by atoms with Crippen molar-refractivity contribution in [2.75, 3.05) is 18.5 Å². The summed E-state index contributed by atoms with van der Waals surface area (Å²) in [6, 6.07) is 10.6. The van der Waals surface area contributed by atoms with E-state index in [1.165, 1.54) is 13.1 Å². The van der Waals surface area contributed by atoms with E-state index >= 15 is 0 Å². The minimum absolute atomic E-state index is 0.0499. The van der Waals surface area contributed by atoms with Crippen molar-refractivity contribution < 1.29 is 13.2 Å². The quantitative estimate of drug-likeness (QED) is 0.723. The van der Waals surface area contributed by atoms with Gasteiger partial charge in [-0.3, -0.25) is 4.79 Å². The molecule has 2 aromatic carbocycles. The first kappa shape index (κ1) is 17.4. The van der Waals surface area contributed by atoms with Crippen LogP contribution in [0.25, 0.3) is 0 Å². The van der Waals surface area contributed by atoms with Crippen molar-refractivity contribution in [1.29, 1.82) is 0 Å². The molecule has 1 aliphatic rings. The largest absolute Gasteiger partial charge is 0.308 e. The van der Waals surface area contributed by atoms with E-state index in [4.69, 9.17) is 0 Å². The molecule has 2 aromatic rings. The minimum atomic E-state index is -3.48. The number of fused-ring (bicyclic) bond motifs is 1. The molecule has 0 spiro atoms. The van der Waals surface area contributed by atoms with Crippen molar-refractivity contribution in [2.45, 2.75) is 18.2 Å². The Balaban J connectivity index is 1.98. The van der Waals surface area contributed by atoms with Crippen LogP contribution in [0, 0.1) is 10.5 Å². The molecule has 0 bridgehead atoms. The summed E-state index contributed by atoms with van der Waals surface area (Å²) >= 11 is 2.19. The van der Waals surface area contributed by atoms with E-state index in [1.54, 1.807) is 17.0 Å². The van der Waals surface area contributed by atoms with Crippen LogP contribution in [0.1, 0.15) is 21.5 Å². The van der Waals surface area contributed by atoms with Gasteiger partial charge in [0, 0.05) is 15.8 Å². The number of rotatable bonds is 3. The molecule has 0 unspecified atom stereocenters. The Kier molecular flexibility index (Phi) is 4.67. The Morgan fingerprint density at radius 2 is 2.00 bits per heavy atom. The molecule has 0 radical (unpaired) electrons. The lowest BCUT2D eigenvalue weighted by Gasteiger charge is -2.19. The summed E-state index contributed by atoms with van der Waals surface area (Å²) in [5.74, 6) is -0.0499. The highest BCUT2D eigenvalue weighted by molar-refractivity contribution is 14.1. The number of amides is 1. The first-order valence-corrected chi connectivity index (χ1v) is 10.0. The smallest absolute Gasteiger partial charge is 0.259 e. The van der Waals surface area contributed by atoms with Crippen molar-refractivity contribution in [3.8, 4) is 0 Å². The van der Waals surface area contributed by atoms with Crippen molar-refractivity contribution >= 4 is 44.2 Å². The number of hydrogen-bond acceptors (Lipinski definition) is 3. The maximum Gasteiger partial charge on any atom is 0.259 e. The molecule has 126 valence electrons. The van der Waals surface area contributed by atoms with Gasteiger partial charge >= 0.3 is 0 Å². The van der Waals surface area contributed by atoms with Crippen LogP contribution in [0.2, 0.25) is 0 Å². The topological polar surface area (TPSA) is 66.5 Å². The van der Waals surface area contributed by atoms with E-state index in [0.29, 0.717) is 18.5 Å². The van der Waals surface area contributed by atoms with Crippen LogP contribution in [0.3, 0.4) is 0 Å². The predicted molar refractivity (Wildman–Crippen MR) is 102 cm³/mol. The van der Waals surface area contributed by atoms with Crippen molar-refractivity contribution in [2.24, 2.45) is 0 Å². The Morgan fingerprint density at radius 3 is 2.71 bits per heavy atom. The fraction of sp³-hybridized carbons (Fsp3) is 0.235. The lowest BCUT2D eigenvalue weighted by atomic mass is 10.1. The number of nitrogens with one attached hydrogen (secondary N) is 1. The van der Waals surface area contributed by atoms with E-state index < -0.39 is 10.0 Å². The highest BCUT2D eigenvalue weighted by Gasteiger charge is 2.28. The summed E-state index contributed by atoms with van der Waals surface area (Å²) in [5.41, 5.74) is 3.40. The van der Waals surface area contributed by atoms with Crippen LogP contribution in [0.4, 0.5) is 5.69 Å². The average Bonchev–Trinajstić information content (AvgIpc) is 3.00. The number of benzene rings is 2. The van der Waals surface area contributed by atoms with Crippen LogP contribution in [-0.2, 0) is 16.4 Å². The molecule has 1 heterocycles. The number of hydrogen-bond donors (Lipinski definition) is 1. The van der Waals surface area contributed by atoms with Gasteiger partial charge in [0.25, 0.3) is 5.91 Å². The van der Waals surface area contributed by atoms with Crippen LogP contribution >= 0.6 is 22.6 Å². The molecule has 7 heteroatoms. The van der Waals surface area contributed by atoms with Gasteiger partial charge in [0.05, 0.1) is 10.5 Å². The van der Waals surface area contributed by atoms with Gasteiger partial charge < -0.3 is 4.90 Å². The number of halogens is 1. The zero-order chi connectivity index (χ0) is 17.5. The molecule has 0 saturated carbocycles. The zero-order valence-electron chi connectivity index (χ0n) is 13.3. The maximum absolute atomic E-state index is 12.9. The van der Waals surface area contributed by atoms with E-state index in [2.05, 4.69) is 27.3 Å². The van der Waals surface area contributed by atoms with Crippen molar-refractivity contribution in [1.82, 2.24) is 4.72 Å². The molecule has 0 saturated heterocycles. The maximum atomic E-state index is 12.9. The van der Waals surface area contributed by atoms with E-state index in [1.807, 2.05) is 25.1 Å². The van der Waals surface area contributed by atoms with Gasteiger partial charge in [-0.1, -0.05) is 12.1 Å². The monoisotopic (exact) mass is 456 g/mol. The number of aryl methyl sites for hydroxylation is 1. The molecule has 1 amide bonds. The van der Waals surface area contributed by atoms with Gasteiger partial charge in [0.15, 0.2) is 0 Å². The number of sulfonamides is 1. The molecule has 0 fully saturated rings. The summed E-state index contributed by atoms with van der Waals surface area (Å²) < 4.78 is 27.1. The summed E-state index contributed by atoms with van der Waals surface area (Å²) in [7, 11) is -2.09. The summed E-state index contributed by atoms with van der Waals surface area (Å²) in [6.07, 6.45) is 0.649. The first-order valence-electron chi connectivity index (χ1n) is 7.48. The predicted octanol–water partition coefficient (Wildman–Crippen LogP) is 2.71. The summed E-state index contributed by atoms with van der Waals surface area (Å²) in [4.78, 5) is 14.9. The molecule has 0 aliphatic carbocycles. The highest BCUT2D eigenvalue weighted by Crippen LogP contribution is 2.32. The minimum Gasteiger partial charge on any atom is -0.308 e. The van der Waals surface area contributed by atoms with Gasteiger partial charge in [0.2, 0.25) is 10.0 Å². The molecule has 1 aliphatic heterocycles. The Hall–Kier alpha value is -1.45. The second-order valence-corrected chi connectivity index (χ2v) is 8.61. The number of anilines is 1. The molecule has 0 atom stereocenters. The lowest BCUT2D eigenvalue weighted by molar-refractivity contribution is 0.0988. The Labute approximate surface area is 155 Å². The molecule has 24 heavy (non-hydrogen) atoms. The summed E-state index contributed by atoms with van der Waals surface area (Å²) in [5, 5.41) is 0. The fourth-order valence-corrected chi connectivity index (χ4v) is 4.20. The highest BCUT2D eigenvalue weighted by atomic mass is 127. The molecular weight excluding hydrogens is 439 g/mol. The van der Waals surface area contributed by atoms with Crippen LogP contribution in [0.15, 0.2) is 41.3 Å². The van der Waals surface area contributed by atoms with E-state index in [9.17, 15) is 13.2 Å². The number of carbonyl (C=O) groups excluding carboxylic acids is 1. The SMILES string of the molecule is CNS(=O)(=O)c1ccc2c(c1)CCN2C(=O)c1cccc(C)c1I.